The van der Waals surface area contributed by atoms with Gasteiger partial charge in [0.05, 0.1) is 12.6 Å². The number of hydrogen-bond acceptors (Lipinski definition) is 5. The van der Waals surface area contributed by atoms with Crippen LogP contribution in [-0.4, -0.2) is 62.0 Å². The van der Waals surface area contributed by atoms with E-state index in [2.05, 4.69) is 62.8 Å². The molecule has 1 N–H and O–H groups in total. The van der Waals surface area contributed by atoms with Crippen molar-refractivity contribution >= 4 is 0 Å². The lowest BCUT2D eigenvalue weighted by atomic mass is 9.96. The second-order valence-electron chi connectivity index (χ2n) is 8.54. The highest BCUT2D eigenvalue weighted by molar-refractivity contribution is 5.25. The second kappa shape index (κ2) is 8.72. The van der Waals surface area contributed by atoms with Gasteiger partial charge in [-0.3, -0.25) is 9.80 Å². The molecular weight excluding hydrogens is 350 g/mol. The Labute approximate surface area is 168 Å². The minimum atomic E-state index is -0.132. The van der Waals surface area contributed by atoms with Crippen LogP contribution in [0.1, 0.15) is 54.4 Å². The largest absolute Gasteiger partial charge is 0.393 e. The number of rotatable bonds is 5. The summed E-state index contributed by atoms with van der Waals surface area (Å²) in [7, 11) is 2.11. The Morgan fingerprint density at radius 2 is 1.79 bits per heavy atom. The number of aliphatic hydroxyl groups is 1. The van der Waals surface area contributed by atoms with Crippen molar-refractivity contribution in [2.75, 3.05) is 26.2 Å². The Hall–Kier alpha value is -1.76. The predicted molar refractivity (Wildman–Crippen MR) is 110 cm³/mol. The van der Waals surface area contributed by atoms with E-state index in [-0.39, 0.29) is 6.10 Å². The number of likely N-dealkylation sites (tertiary alicyclic amines) is 2. The third-order valence-corrected chi connectivity index (χ3v) is 6.45. The van der Waals surface area contributed by atoms with Crippen molar-refractivity contribution in [2.24, 2.45) is 7.05 Å². The number of aliphatic hydroxyl groups excluding tert-OH is 1. The molecule has 0 aliphatic carbocycles. The zero-order valence-electron chi connectivity index (χ0n) is 17.2. The summed E-state index contributed by atoms with van der Waals surface area (Å²) in [5.41, 5.74) is 2.80. The van der Waals surface area contributed by atoms with Crippen LogP contribution in [0.2, 0.25) is 0 Å². The Balaban J connectivity index is 1.40. The number of nitrogens with zero attached hydrogens (tertiary/aromatic N) is 5. The van der Waals surface area contributed by atoms with Crippen LogP contribution in [0.4, 0.5) is 0 Å². The fourth-order valence-electron chi connectivity index (χ4n) is 4.58. The van der Waals surface area contributed by atoms with Crippen molar-refractivity contribution in [3.63, 3.8) is 0 Å². The fourth-order valence-corrected chi connectivity index (χ4v) is 4.58. The Bertz CT molecular complexity index is 781. The van der Waals surface area contributed by atoms with Gasteiger partial charge in [-0.2, -0.15) is 0 Å². The van der Waals surface area contributed by atoms with Crippen LogP contribution in [-0.2, 0) is 20.1 Å². The van der Waals surface area contributed by atoms with E-state index in [1.165, 1.54) is 24.0 Å². The Morgan fingerprint density at radius 1 is 1.00 bits per heavy atom. The standard InChI is InChI=1S/C22H33N5O/c1-17-6-3-4-7-18(17)14-27-11-5-8-19(15-27)22-24-23-21(25(22)2)16-26-12-9-20(28)10-13-26/h3-4,6-7,19-20,28H,5,8-16H2,1-2H3. The quantitative estimate of drug-likeness (QED) is 0.860. The van der Waals surface area contributed by atoms with E-state index in [1.807, 2.05) is 0 Å². The van der Waals surface area contributed by atoms with E-state index in [0.717, 1.165) is 63.8 Å². The molecule has 0 amide bonds. The molecule has 2 aliphatic heterocycles. The molecule has 2 fully saturated rings. The van der Waals surface area contributed by atoms with Gasteiger partial charge < -0.3 is 9.67 Å². The molecule has 1 unspecified atom stereocenters. The fraction of sp³-hybridized carbons (Fsp3) is 0.636. The third-order valence-electron chi connectivity index (χ3n) is 6.45. The minimum absolute atomic E-state index is 0.132. The van der Waals surface area contributed by atoms with Gasteiger partial charge in [-0.05, 0) is 50.3 Å². The molecule has 2 aliphatic rings. The summed E-state index contributed by atoms with van der Waals surface area (Å²) >= 11 is 0. The third kappa shape index (κ3) is 4.45. The zero-order chi connectivity index (χ0) is 19.5. The maximum absolute atomic E-state index is 9.71. The van der Waals surface area contributed by atoms with Crippen LogP contribution in [0.15, 0.2) is 24.3 Å². The van der Waals surface area contributed by atoms with Crippen LogP contribution in [0.3, 0.4) is 0 Å². The van der Waals surface area contributed by atoms with Gasteiger partial charge >= 0.3 is 0 Å². The number of piperidine rings is 2. The number of aryl methyl sites for hydroxylation is 1. The molecule has 2 saturated heterocycles. The summed E-state index contributed by atoms with van der Waals surface area (Å²) in [6, 6.07) is 8.69. The zero-order valence-corrected chi connectivity index (χ0v) is 17.2. The van der Waals surface area contributed by atoms with Crippen LogP contribution in [0.25, 0.3) is 0 Å². The first-order valence-electron chi connectivity index (χ1n) is 10.7. The Kier molecular flexibility index (Phi) is 6.09. The van der Waals surface area contributed by atoms with E-state index in [0.29, 0.717) is 5.92 Å². The van der Waals surface area contributed by atoms with Gasteiger partial charge in [-0.1, -0.05) is 24.3 Å². The van der Waals surface area contributed by atoms with Crippen LogP contribution in [0.5, 0.6) is 0 Å². The molecule has 2 aromatic rings. The number of aromatic nitrogens is 3. The molecule has 28 heavy (non-hydrogen) atoms. The highest BCUT2D eigenvalue weighted by atomic mass is 16.3. The van der Waals surface area contributed by atoms with Crippen molar-refractivity contribution in [2.45, 2.75) is 57.7 Å². The van der Waals surface area contributed by atoms with Crippen LogP contribution >= 0.6 is 0 Å². The van der Waals surface area contributed by atoms with E-state index < -0.39 is 0 Å². The van der Waals surface area contributed by atoms with E-state index in [9.17, 15) is 5.11 Å². The second-order valence-corrected chi connectivity index (χ2v) is 8.54. The van der Waals surface area contributed by atoms with Crippen LogP contribution < -0.4 is 0 Å². The van der Waals surface area contributed by atoms with Crippen molar-refractivity contribution < 1.29 is 5.11 Å². The summed E-state index contributed by atoms with van der Waals surface area (Å²) in [4.78, 5) is 4.95. The maximum atomic E-state index is 9.71. The molecule has 152 valence electrons. The molecule has 6 nitrogen and oxygen atoms in total. The van der Waals surface area contributed by atoms with E-state index >= 15 is 0 Å². The molecule has 1 aromatic carbocycles. The molecular formula is C22H33N5O. The topological polar surface area (TPSA) is 57.4 Å². The highest BCUT2D eigenvalue weighted by Crippen LogP contribution is 2.27. The molecule has 4 rings (SSSR count). The lowest BCUT2D eigenvalue weighted by molar-refractivity contribution is 0.0775. The van der Waals surface area contributed by atoms with E-state index in [4.69, 9.17) is 0 Å². The molecule has 0 spiro atoms. The maximum Gasteiger partial charge on any atom is 0.146 e. The summed E-state index contributed by atoms with van der Waals surface area (Å²) in [5, 5.41) is 18.8. The van der Waals surface area contributed by atoms with Crippen molar-refractivity contribution in [1.29, 1.82) is 0 Å². The summed E-state index contributed by atoms with van der Waals surface area (Å²) < 4.78 is 2.22. The monoisotopic (exact) mass is 383 g/mol. The van der Waals surface area contributed by atoms with Gasteiger partial charge in [0.25, 0.3) is 0 Å². The van der Waals surface area contributed by atoms with E-state index in [1.54, 1.807) is 0 Å². The molecule has 0 saturated carbocycles. The van der Waals surface area contributed by atoms with Gasteiger partial charge in [0.2, 0.25) is 0 Å². The highest BCUT2D eigenvalue weighted by Gasteiger charge is 2.27. The molecule has 3 heterocycles. The molecule has 1 aromatic heterocycles. The van der Waals surface area contributed by atoms with Gasteiger partial charge in [0.1, 0.15) is 11.6 Å². The summed E-state index contributed by atoms with van der Waals surface area (Å²) in [6.45, 7) is 8.14. The normalized spacial score (nSPS) is 22.6. The summed E-state index contributed by atoms with van der Waals surface area (Å²) in [5.74, 6) is 2.62. The molecule has 0 radical (unpaired) electrons. The molecule has 1 atom stereocenters. The van der Waals surface area contributed by atoms with Crippen molar-refractivity contribution in [3.05, 3.63) is 47.0 Å². The lowest BCUT2D eigenvalue weighted by Gasteiger charge is -2.32. The average Bonchev–Trinajstić information content (AvgIpc) is 3.06. The average molecular weight is 384 g/mol. The number of benzene rings is 1. The number of hydrogen-bond donors (Lipinski definition) is 1. The first-order valence-corrected chi connectivity index (χ1v) is 10.7. The summed E-state index contributed by atoms with van der Waals surface area (Å²) in [6.07, 6.45) is 3.99. The SMILES string of the molecule is Cc1ccccc1CN1CCCC(c2nnc(CN3CCC(O)CC3)n2C)C1. The first-order chi connectivity index (χ1) is 13.6. The predicted octanol–water partition coefficient (Wildman–Crippen LogP) is 2.46. The van der Waals surface area contributed by atoms with Gasteiger partial charge in [0.15, 0.2) is 0 Å². The minimum Gasteiger partial charge on any atom is -0.393 e. The Morgan fingerprint density at radius 3 is 2.57 bits per heavy atom. The molecule has 0 bridgehead atoms. The lowest BCUT2D eigenvalue weighted by Crippen LogP contribution is -2.36. The van der Waals surface area contributed by atoms with Crippen molar-refractivity contribution in [1.82, 2.24) is 24.6 Å². The first kappa shape index (κ1) is 19.6. The van der Waals surface area contributed by atoms with Gasteiger partial charge in [-0.15, -0.1) is 10.2 Å². The van der Waals surface area contributed by atoms with Crippen LogP contribution in [0, 0.1) is 6.92 Å². The van der Waals surface area contributed by atoms with Crippen molar-refractivity contribution in [3.8, 4) is 0 Å². The smallest absolute Gasteiger partial charge is 0.146 e. The van der Waals surface area contributed by atoms with Gasteiger partial charge in [0, 0.05) is 39.1 Å². The van der Waals surface area contributed by atoms with Gasteiger partial charge in [-0.25, -0.2) is 0 Å². The molecule has 6 heteroatoms.